The Labute approximate surface area is 154 Å². The maximum absolute atomic E-state index is 12.2. The molecule has 3 rings (SSSR count). The number of ether oxygens (including phenoxy) is 2. The van der Waals surface area contributed by atoms with Crippen molar-refractivity contribution >= 4 is 30.0 Å². The molecule has 0 radical (unpaired) electrons. The zero-order chi connectivity index (χ0) is 18.4. The third kappa shape index (κ3) is 3.73. The molecule has 0 spiro atoms. The lowest BCUT2D eigenvalue weighted by Crippen LogP contribution is -2.39. The summed E-state index contributed by atoms with van der Waals surface area (Å²) in [5.41, 5.74) is 10.8. The normalized spacial score (nSPS) is 20.0. The molecular formula is C19H26N2O3S. The number of carbonyl (C=O) groups is 1. The number of benzene rings is 1. The zero-order valence-electron chi connectivity index (χ0n) is 15.3. The van der Waals surface area contributed by atoms with E-state index in [4.69, 9.17) is 15.2 Å². The minimum Gasteiger partial charge on any atom is -0.477 e. The molecule has 0 unspecified atom stereocenters. The lowest BCUT2D eigenvalue weighted by Gasteiger charge is -2.30. The molecule has 0 aliphatic carbocycles. The first-order valence-electron chi connectivity index (χ1n) is 8.59. The lowest BCUT2D eigenvalue weighted by molar-refractivity contribution is 0.0270. The second-order valence-corrected chi connectivity index (χ2v) is 8.22. The highest BCUT2D eigenvalue weighted by Gasteiger charge is 2.30. The molecule has 0 saturated heterocycles. The molecule has 136 valence electrons. The number of nitrogen functional groups attached to an aromatic ring is 1. The second kappa shape index (κ2) is 6.48. The molecule has 1 aromatic carbocycles. The monoisotopic (exact) mass is 362 g/mol. The number of fused-ring (bicyclic) bond motifs is 1. The van der Waals surface area contributed by atoms with Gasteiger partial charge >= 0.3 is 6.09 Å². The molecule has 1 amide bonds. The van der Waals surface area contributed by atoms with E-state index in [0.717, 1.165) is 29.7 Å². The van der Waals surface area contributed by atoms with E-state index in [2.05, 4.69) is 25.6 Å². The lowest BCUT2D eigenvalue weighted by atomic mass is 9.89. The average Bonchev–Trinajstić information content (AvgIpc) is 2.88. The van der Waals surface area contributed by atoms with Gasteiger partial charge in [0.05, 0.1) is 5.69 Å². The highest BCUT2D eigenvalue weighted by atomic mass is 32.1. The first-order valence-corrected chi connectivity index (χ1v) is 9.11. The number of nitrogens with two attached hydrogens (primary N) is 1. The van der Waals surface area contributed by atoms with Gasteiger partial charge in [0.15, 0.2) is 0 Å². The van der Waals surface area contributed by atoms with Crippen molar-refractivity contribution in [1.29, 1.82) is 0 Å². The van der Waals surface area contributed by atoms with Crippen LogP contribution in [0.5, 0.6) is 5.75 Å². The number of hydrogen-bond donors (Lipinski definition) is 2. The largest absolute Gasteiger partial charge is 0.477 e. The Bertz CT molecular complexity index is 737. The number of nitrogens with zero attached hydrogens (tertiary/aromatic N) is 1. The van der Waals surface area contributed by atoms with Gasteiger partial charge in [-0.05, 0) is 56.9 Å². The van der Waals surface area contributed by atoms with Crippen LogP contribution in [0.3, 0.4) is 0 Å². The van der Waals surface area contributed by atoms with Crippen LogP contribution in [0, 0.1) is 6.92 Å². The fourth-order valence-electron chi connectivity index (χ4n) is 3.42. The van der Waals surface area contributed by atoms with Gasteiger partial charge < -0.3 is 20.1 Å². The molecule has 5 nitrogen and oxygen atoms in total. The van der Waals surface area contributed by atoms with Crippen LogP contribution in [0.4, 0.5) is 10.5 Å². The predicted octanol–water partition coefficient (Wildman–Crippen LogP) is 3.79. The SMILES string of the molecule is Cc1cc(N)c2c(c1C1=CCN(C(=O)OC(C)(C)C)CC1)C[C@@H](S)O2. The quantitative estimate of drug-likeness (QED) is 0.589. The summed E-state index contributed by atoms with van der Waals surface area (Å²) in [6.07, 6.45) is 3.37. The first kappa shape index (κ1) is 18.0. The molecule has 0 saturated carbocycles. The third-order valence-electron chi connectivity index (χ3n) is 4.42. The summed E-state index contributed by atoms with van der Waals surface area (Å²) in [5, 5.41) is 0. The van der Waals surface area contributed by atoms with Gasteiger partial charge in [-0.25, -0.2) is 4.79 Å². The fourth-order valence-corrected chi connectivity index (χ4v) is 3.71. The van der Waals surface area contributed by atoms with Gasteiger partial charge in [0, 0.05) is 25.1 Å². The Morgan fingerprint density at radius 3 is 2.76 bits per heavy atom. The van der Waals surface area contributed by atoms with Crippen molar-refractivity contribution in [2.24, 2.45) is 0 Å². The molecule has 0 fully saturated rings. The fraction of sp³-hybridized carbons (Fsp3) is 0.526. The summed E-state index contributed by atoms with van der Waals surface area (Å²) in [6, 6.07) is 1.96. The molecule has 0 bridgehead atoms. The van der Waals surface area contributed by atoms with Crippen LogP contribution in [0.25, 0.3) is 5.57 Å². The number of carbonyl (C=O) groups excluding carboxylic acids is 1. The molecule has 25 heavy (non-hydrogen) atoms. The predicted molar refractivity (Wildman–Crippen MR) is 103 cm³/mol. The minimum atomic E-state index is -0.478. The van der Waals surface area contributed by atoms with E-state index in [1.165, 1.54) is 11.1 Å². The van der Waals surface area contributed by atoms with Crippen LogP contribution in [-0.2, 0) is 11.2 Å². The van der Waals surface area contributed by atoms with Crippen molar-refractivity contribution in [3.8, 4) is 5.75 Å². The minimum absolute atomic E-state index is 0.152. The maximum Gasteiger partial charge on any atom is 0.410 e. The van der Waals surface area contributed by atoms with Crippen LogP contribution in [0.1, 0.15) is 43.9 Å². The number of rotatable bonds is 1. The number of amides is 1. The first-order chi connectivity index (χ1) is 11.7. The van der Waals surface area contributed by atoms with Crippen molar-refractivity contribution < 1.29 is 14.3 Å². The molecule has 2 heterocycles. The zero-order valence-corrected chi connectivity index (χ0v) is 16.2. The average molecular weight is 362 g/mol. The summed E-state index contributed by atoms with van der Waals surface area (Å²) in [4.78, 5) is 14.0. The summed E-state index contributed by atoms with van der Waals surface area (Å²) < 4.78 is 11.2. The number of thiol groups is 1. The molecule has 2 N–H and O–H groups in total. The van der Waals surface area contributed by atoms with Crippen LogP contribution in [-0.4, -0.2) is 35.1 Å². The van der Waals surface area contributed by atoms with E-state index in [1.54, 1.807) is 4.90 Å². The standard InChI is InChI=1S/C19H26N2O3S/c1-11-9-14(20)17-13(10-15(25)23-17)16(11)12-5-7-21(8-6-12)18(22)24-19(2,3)4/h5,9,15,25H,6-8,10,20H2,1-4H3/t15-/m1/s1. The summed E-state index contributed by atoms with van der Waals surface area (Å²) in [6.45, 7) is 8.90. The van der Waals surface area contributed by atoms with Crippen LogP contribution in [0.2, 0.25) is 0 Å². The van der Waals surface area contributed by atoms with Gasteiger partial charge in [-0.1, -0.05) is 6.08 Å². The number of aryl methyl sites for hydroxylation is 1. The van der Waals surface area contributed by atoms with E-state index in [-0.39, 0.29) is 11.5 Å². The number of anilines is 1. The Morgan fingerprint density at radius 2 is 2.16 bits per heavy atom. The van der Waals surface area contributed by atoms with E-state index in [1.807, 2.05) is 26.8 Å². The third-order valence-corrected chi connectivity index (χ3v) is 4.71. The van der Waals surface area contributed by atoms with Crippen molar-refractivity contribution in [1.82, 2.24) is 4.90 Å². The Kier molecular flexibility index (Phi) is 4.66. The molecule has 1 atom stereocenters. The smallest absolute Gasteiger partial charge is 0.410 e. The van der Waals surface area contributed by atoms with Crippen LogP contribution < -0.4 is 10.5 Å². The van der Waals surface area contributed by atoms with Gasteiger partial charge in [-0.15, -0.1) is 12.6 Å². The van der Waals surface area contributed by atoms with E-state index < -0.39 is 5.60 Å². The van der Waals surface area contributed by atoms with E-state index in [9.17, 15) is 4.79 Å². The van der Waals surface area contributed by atoms with Gasteiger partial charge in [0.25, 0.3) is 0 Å². The summed E-state index contributed by atoms with van der Waals surface area (Å²) in [7, 11) is 0. The molecule has 2 aliphatic heterocycles. The van der Waals surface area contributed by atoms with E-state index in [0.29, 0.717) is 18.8 Å². The maximum atomic E-state index is 12.2. The second-order valence-electron chi connectivity index (χ2n) is 7.65. The Balaban J connectivity index is 1.84. The summed E-state index contributed by atoms with van der Waals surface area (Å²) >= 11 is 4.44. The molecule has 1 aromatic rings. The van der Waals surface area contributed by atoms with Crippen molar-refractivity contribution in [3.63, 3.8) is 0 Å². The van der Waals surface area contributed by atoms with E-state index >= 15 is 0 Å². The van der Waals surface area contributed by atoms with Crippen molar-refractivity contribution in [2.75, 3.05) is 18.8 Å². The van der Waals surface area contributed by atoms with Crippen LogP contribution >= 0.6 is 12.6 Å². The molecular weight excluding hydrogens is 336 g/mol. The highest BCUT2D eigenvalue weighted by Crippen LogP contribution is 2.43. The van der Waals surface area contributed by atoms with Crippen molar-refractivity contribution in [2.45, 2.75) is 51.6 Å². The van der Waals surface area contributed by atoms with Gasteiger partial charge in [-0.2, -0.15) is 0 Å². The Hall–Kier alpha value is -1.82. The van der Waals surface area contributed by atoms with Gasteiger partial charge in [0.2, 0.25) is 0 Å². The van der Waals surface area contributed by atoms with Gasteiger partial charge in [-0.3, -0.25) is 0 Å². The summed E-state index contributed by atoms with van der Waals surface area (Å²) in [5.74, 6) is 0.760. The molecule has 6 heteroatoms. The molecule has 0 aromatic heterocycles. The van der Waals surface area contributed by atoms with Crippen LogP contribution in [0.15, 0.2) is 12.1 Å². The molecule has 2 aliphatic rings. The number of hydrogen-bond acceptors (Lipinski definition) is 5. The van der Waals surface area contributed by atoms with Gasteiger partial charge in [0.1, 0.15) is 16.8 Å². The van der Waals surface area contributed by atoms with Crippen molar-refractivity contribution in [3.05, 3.63) is 28.8 Å². The topological polar surface area (TPSA) is 64.8 Å². The highest BCUT2D eigenvalue weighted by molar-refractivity contribution is 7.80. The Morgan fingerprint density at radius 1 is 1.44 bits per heavy atom.